The normalized spacial score (nSPS) is 16.9. The van der Waals surface area contributed by atoms with Gasteiger partial charge in [-0.2, -0.15) is 0 Å². The van der Waals surface area contributed by atoms with Gasteiger partial charge in [0.2, 0.25) is 5.91 Å². The first-order valence-corrected chi connectivity index (χ1v) is 8.35. The Morgan fingerprint density at radius 3 is 2.75 bits per heavy atom. The smallest absolute Gasteiger partial charge is 0.232 e. The van der Waals surface area contributed by atoms with Crippen molar-refractivity contribution in [2.24, 2.45) is 5.92 Å². The van der Waals surface area contributed by atoms with Crippen molar-refractivity contribution in [2.45, 2.75) is 45.4 Å². The zero-order chi connectivity index (χ0) is 14.5. The molecule has 1 saturated heterocycles. The van der Waals surface area contributed by atoms with Crippen LogP contribution < -0.4 is 0 Å². The number of nitrogens with zero attached hydrogens (tertiary/aromatic N) is 5. The van der Waals surface area contributed by atoms with E-state index in [-0.39, 0.29) is 11.9 Å². The molecule has 0 N–H and O–H groups in total. The number of likely N-dealkylation sites (tertiary alicyclic amines) is 1. The second-order valence-corrected chi connectivity index (χ2v) is 6.68. The lowest BCUT2D eigenvalue weighted by Crippen LogP contribution is -2.38. The summed E-state index contributed by atoms with van der Waals surface area (Å²) < 4.78 is 1.81. The number of hydrogen-bond acceptors (Lipinski definition) is 5. The van der Waals surface area contributed by atoms with Crippen molar-refractivity contribution in [3.63, 3.8) is 0 Å². The number of thioether (sulfide) groups is 1. The fraction of sp³-hybridized carbons (Fsp3) is 0.846. The maximum Gasteiger partial charge on any atom is 0.232 e. The van der Waals surface area contributed by atoms with Gasteiger partial charge in [0.15, 0.2) is 5.82 Å². The Balaban J connectivity index is 1.75. The number of rotatable bonds is 5. The summed E-state index contributed by atoms with van der Waals surface area (Å²) in [5.41, 5.74) is 0. The number of aromatic nitrogens is 4. The van der Waals surface area contributed by atoms with Crippen LogP contribution in [0.1, 0.15) is 45.5 Å². The van der Waals surface area contributed by atoms with Gasteiger partial charge in [0, 0.05) is 13.1 Å². The monoisotopic (exact) mass is 297 g/mol. The predicted molar refractivity (Wildman–Crippen MR) is 79.3 cm³/mol. The van der Waals surface area contributed by atoms with E-state index in [0.717, 1.165) is 37.7 Å². The predicted octanol–water partition coefficient (Wildman–Crippen LogP) is 1.75. The zero-order valence-corrected chi connectivity index (χ0v) is 13.3. The summed E-state index contributed by atoms with van der Waals surface area (Å²) in [6.45, 7) is 8.16. The van der Waals surface area contributed by atoms with E-state index in [1.54, 1.807) is 16.4 Å². The van der Waals surface area contributed by atoms with Crippen molar-refractivity contribution in [2.75, 3.05) is 18.8 Å². The third-order valence-corrected chi connectivity index (χ3v) is 4.56. The van der Waals surface area contributed by atoms with Crippen LogP contribution in [0, 0.1) is 5.92 Å². The molecule has 0 spiro atoms. The Labute approximate surface area is 124 Å². The van der Waals surface area contributed by atoms with Gasteiger partial charge in [0.1, 0.15) is 0 Å². The third-order valence-electron chi connectivity index (χ3n) is 3.64. The van der Waals surface area contributed by atoms with Gasteiger partial charge in [-0.1, -0.05) is 6.92 Å². The fourth-order valence-electron chi connectivity index (χ4n) is 2.29. The molecule has 1 aliphatic heterocycles. The van der Waals surface area contributed by atoms with Gasteiger partial charge in [-0.25, -0.2) is 4.68 Å². The molecule has 1 aliphatic rings. The fourth-order valence-corrected chi connectivity index (χ4v) is 3.12. The molecule has 2 heterocycles. The van der Waals surface area contributed by atoms with E-state index in [1.165, 1.54) is 0 Å². The maximum atomic E-state index is 12.1. The molecule has 0 radical (unpaired) electrons. The van der Waals surface area contributed by atoms with E-state index in [9.17, 15) is 4.79 Å². The summed E-state index contributed by atoms with van der Waals surface area (Å²) in [5.74, 6) is 3.03. The van der Waals surface area contributed by atoms with Crippen LogP contribution in [-0.2, 0) is 10.5 Å². The SMILES string of the molecule is CC1CCN(C(=O)CSCc2nnnn2C(C)C)CC1. The topological polar surface area (TPSA) is 63.9 Å². The highest BCUT2D eigenvalue weighted by molar-refractivity contribution is 7.99. The number of amides is 1. The van der Waals surface area contributed by atoms with Gasteiger partial charge in [0.25, 0.3) is 0 Å². The van der Waals surface area contributed by atoms with Crippen molar-refractivity contribution in [3.05, 3.63) is 5.82 Å². The third kappa shape index (κ3) is 3.94. The van der Waals surface area contributed by atoms with Crippen LogP contribution in [0.3, 0.4) is 0 Å². The minimum atomic E-state index is 0.241. The lowest BCUT2D eigenvalue weighted by molar-refractivity contribution is -0.129. The molecule has 1 aromatic heterocycles. The van der Waals surface area contributed by atoms with Crippen LogP contribution in [0.2, 0.25) is 0 Å². The average Bonchev–Trinajstić information content (AvgIpc) is 2.88. The number of hydrogen-bond donors (Lipinski definition) is 0. The molecule has 1 amide bonds. The molecule has 0 atom stereocenters. The first kappa shape index (κ1) is 15.3. The Morgan fingerprint density at radius 2 is 2.10 bits per heavy atom. The molecule has 20 heavy (non-hydrogen) atoms. The minimum Gasteiger partial charge on any atom is -0.342 e. The van der Waals surface area contributed by atoms with Gasteiger partial charge >= 0.3 is 0 Å². The molecule has 0 unspecified atom stereocenters. The molecule has 1 fully saturated rings. The summed E-state index contributed by atoms with van der Waals surface area (Å²) >= 11 is 1.59. The molecule has 7 heteroatoms. The van der Waals surface area contributed by atoms with Crippen molar-refractivity contribution < 1.29 is 4.79 Å². The average molecular weight is 297 g/mol. The highest BCUT2D eigenvalue weighted by atomic mass is 32.2. The van der Waals surface area contributed by atoms with Crippen LogP contribution in [0.5, 0.6) is 0 Å². The van der Waals surface area contributed by atoms with E-state index < -0.39 is 0 Å². The van der Waals surface area contributed by atoms with Gasteiger partial charge < -0.3 is 4.90 Å². The van der Waals surface area contributed by atoms with Crippen LogP contribution in [0.15, 0.2) is 0 Å². The summed E-state index contributed by atoms with van der Waals surface area (Å²) in [7, 11) is 0. The minimum absolute atomic E-state index is 0.241. The Morgan fingerprint density at radius 1 is 1.40 bits per heavy atom. The molecule has 112 valence electrons. The molecule has 0 aromatic carbocycles. The van der Waals surface area contributed by atoms with Crippen molar-refractivity contribution >= 4 is 17.7 Å². The second-order valence-electron chi connectivity index (χ2n) is 5.69. The Hall–Kier alpha value is -1.11. The van der Waals surface area contributed by atoms with Crippen LogP contribution in [-0.4, -0.2) is 49.9 Å². The van der Waals surface area contributed by atoms with E-state index in [2.05, 4.69) is 22.4 Å². The molecule has 1 aromatic rings. The van der Waals surface area contributed by atoms with Gasteiger partial charge in [-0.3, -0.25) is 4.79 Å². The van der Waals surface area contributed by atoms with Crippen LogP contribution in [0.4, 0.5) is 0 Å². The quantitative estimate of drug-likeness (QED) is 0.828. The van der Waals surface area contributed by atoms with Crippen molar-refractivity contribution in [1.82, 2.24) is 25.1 Å². The highest BCUT2D eigenvalue weighted by Crippen LogP contribution is 2.18. The lowest BCUT2D eigenvalue weighted by atomic mass is 9.99. The summed E-state index contributed by atoms with van der Waals surface area (Å²) in [4.78, 5) is 14.1. The summed E-state index contributed by atoms with van der Waals surface area (Å²) in [5, 5.41) is 11.7. The van der Waals surface area contributed by atoms with E-state index >= 15 is 0 Å². The maximum absolute atomic E-state index is 12.1. The molecule has 0 aliphatic carbocycles. The Kier molecular flexibility index (Phi) is 5.39. The molecule has 0 saturated carbocycles. The molecular weight excluding hydrogens is 274 g/mol. The second kappa shape index (κ2) is 7.06. The van der Waals surface area contributed by atoms with Crippen LogP contribution in [0.25, 0.3) is 0 Å². The molecule has 0 bridgehead atoms. The lowest BCUT2D eigenvalue weighted by Gasteiger charge is -2.30. The number of carbonyl (C=O) groups excluding carboxylic acids is 1. The standard InChI is InChI=1S/C13H23N5OS/c1-10(2)18-12(14-15-16-18)8-20-9-13(19)17-6-4-11(3)5-7-17/h10-11H,4-9H2,1-3H3. The van der Waals surface area contributed by atoms with Gasteiger partial charge in [-0.15, -0.1) is 16.9 Å². The molecule has 2 rings (SSSR count). The number of tetrazole rings is 1. The summed E-state index contributed by atoms with van der Waals surface area (Å²) in [6.07, 6.45) is 2.25. The van der Waals surface area contributed by atoms with E-state index in [0.29, 0.717) is 11.5 Å². The van der Waals surface area contributed by atoms with E-state index in [1.807, 2.05) is 18.7 Å². The molecular formula is C13H23N5OS. The van der Waals surface area contributed by atoms with Crippen LogP contribution >= 0.6 is 11.8 Å². The van der Waals surface area contributed by atoms with Gasteiger partial charge in [-0.05, 0) is 43.0 Å². The first-order chi connectivity index (χ1) is 9.58. The largest absolute Gasteiger partial charge is 0.342 e. The van der Waals surface area contributed by atoms with Gasteiger partial charge in [0.05, 0.1) is 17.5 Å². The number of carbonyl (C=O) groups is 1. The van der Waals surface area contributed by atoms with Crippen molar-refractivity contribution in [3.8, 4) is 0 Å². The number of piperidine rings is 1. The summed E-state index contributed by atoms with van der Waals surface area (Å²) in [6, 6.07) is 0.250. The molecule has 6 nitrogen and oxygen atoms in total. The highest BCUT2D eigenvalue weighted by Gasteiger charge is 2.20. The van der Waals surface area contributed by atoms with Crippen molar-refractivity contribution in [1.29, 1.82) is 0 Å². The zero-order valence-electron chi connectivity index (χ0n) is 12.4. The first-order valence-electron chi connectivity index (χ1n) is 7.20. The van der Waals surface area contributed by atoms with E-state index in [4.69, 9.17) is 0 Å². The Bertz CT molecular complexity index is 440.